The molecule has 1 aliphatic rings. The van der Waals surface area contributed by atoms with E-state index in [0.717, 1.165) is 16.7 Å². The fourth-order valence-corrected chi connectivity index (χ4v) is 5.76. The highest BCUT2D eigenvalue weighted by atomic mass is 127. The molecule has 2 heterocycles. The molecule has 1 N–H and O–H groups in total. The number of hydrogen-bond donors (Lipinski definition) is 1. The molecular weight excluding hydrogens is 736 g/mol. The number of anilines is 1. The lowest BCUT2D eigenvalue weighted by Gasteiger charge is -2.42. The summed E-state index contributed by atoms with van der Waals surface area (Å²) in [6.45, 7) is 8.16. The lowest BCUT2D eigenvalue weighted by Crippen LogP contribution is -2.53. The number of aromatic nitrogens is 1. The SMILES string of the molecule is COc1cccnc1CC(=O)Nc1cccc(B2OC(C)(C)C(C)(C(I)(I)I)O2)c1C. The highest BCUT2D eigenvalue weighted by Crippen LogP contribution is 2.56. The van der Waals surface area contributed by atoms with Crippen LogP contribution in [0.4, 0.5) is 5.69 Å². The Morgan fingerprint density at radius 2 is 1.90 bits per heavy atom. The van der Waals surface area contributed by atoms with Gasteiger partial charge in [-0.2, -0.15) is 0 Å². The summed E-state index contributed by atoms with van der Waals surface area (Å²) in [7, 11) is 1.05. The van der Waals surface area contributed by atoms with Crippen LogP contribution < -0.4 is 15.5 Å². The number of nitrogens with one attached hydrogen (secondary N) is 1. The second-order valence-corrected chi connectivity index (χ2v) is 19.1. The van der Waals surface area contributed by atoms with Crippen molar-refractivity contribution < 1.29 is 18.8 Å². The number of halogens is 3. The Bertz CT molecular complexity index is 983. The average molecular weight is 760 g/mol. The van der Waals surface area contributed by atoms with E-state index in [1.807, 2.05) is 25.1 Å². The molecule has 0 aliphatic carbocycles. The first kappa shape index (κ1) is 25.4. The number of pyridine rings is 1. The number of amides is 1. The summed E-state index contributed by atoms with van der Waals surface area (Å²) < 4.78 is 18.0. The van der Waals surface area contributed by atoms with Gasteiger partial charge < -0.3 is 19.4 Å². The molecule has 1 saturated heterocycles. The second-order valence-electron chi connectivity index (χ2n) is 8.01. The maximum atomic E-state index is 12.7. The number of rotatable bonds is 6. The summed E-state index contributed by atoms with van der Waals surface area (Å²) >= 11 is 7.18. The number of carbonyl (C=O) groups excluding carboxylic acids is 1. The van der Waals surface area contributed by atoms with Gasteiger partial charge in [-0.25, -0.2) is 0 Å². The average Bonchev–Trinajstić information content (AvgIpc) is 2.94. The minimum atomic E-state index is -0.522. The molecule has 31 heavy (non-hydrogen) atoms. The van der Waals surface area contributed by atoms with Crippen LogP contribution in [0, 0.1) is 6.92 Å². The van der Waals surface area contributed by atoms with Crippen LogP contribution >= 0.6 is 67.8 Å². The van der Waals surface area contributed by atoms with Crippen LogP contribution in [0.25, 0.3) is 0 Å². The third kappa shape index (κ3) is 5.17. The Kier molecular flexibility index (Phi) is 7.87. The van der Waals surface area contributed by atoms with Gasteiger partial charge in [0.15, 0.2) is -0.565 Å². The number of benzene rings is 1. The van der Waals surface area contributed by atoms with Crippen molar-refractivity contribution >= 4 is 91.9 Å². The minimum Gasteiger partial charge on any atom is -0.495 e. The van der Waals surface area contributed by atoms with Crippen molar-refractivity contribution in [3.63, 3.8) is 0 Å². The molecule has 1 aliphatic heterocycles. The monoisotopic (exact) mass is 760 g/mol. The number of ether oxygens (including phenoxy) is 1. The van der Waals surface area contributed by atoms with Crippen molar-refractivity contribution in [2.45, 2.75) is 44.8 Å². The van der Waals surface area contributed by atoms with E-state index in [0.29, 0.717) is 11.4 Å². The normalized spacial score (nSPS) is 20.6. The van der Waals surface area contributed by atoms with Crippen molar-refractivity contribution in [3.05, 3.63) is 47.8 Å². The molecule has 0 spiro atoms. The molecule has 1 fully saturated rings. The Balaban J connectivity index is 1.82. The number of nitrogens with zero attached hydrogens (tertiary/aromatic N) is 1. The summed E-state index contributed by atoms with van der Waals surface area (Å²) in [6, 6.07) is 9.34. The van der Waals surface area contributed by atoms with Crippen LogP contribution in [0.3, 0.4) is 0 Å². The molecule has 0 bridgehead atoms. The van der Waals surface area contributed by atoms with Crippen molar-refractivity contribution in [2.75, 3.05) is 12.4 Å². The maximum absolute atomic E-state index is 12.7. The van der Waals surface area contributed by atoms with Gasteiger partial charge in [0.2, 0.25) is 5.91 Å². The Morgan fingerprint density at radius 1 is 1.19 bits per heavy atom. The predicted molar refractivity (Wildman–Crippen MR) is 149 cm³/mol. The van der Waals surface area contributed by atoms with E-state index >= 15 is 0 Å². The van der Waals surface area contributed by atoms with E-state index < -0.39 is 18.3 Å². The molecule has 0 radical (unpaired) electrons. The number of methoxy groups -OCH3 is 1. The van der Waals surface area contributed by atoms with Gasteiger partial charge in [-0.1, -0.05) is 79.9 Å². The second kappa shape index (κ2) is 9.59. The zero-order valence-electron chi connectivity index (χ0n) is 18.0. The van der Waals surface area contributed by atoms with Crippen molar-refractivity contribution in [3.8, 4) is 5.75 Å². The maximum Gasteiger partial charge on any atom is 0.495 e. The van der Waals surface area contributed by atoms with E-state index in [1.54, 1.807) is 25.4 Å². The van der Waals surface area contributed by atoms with Crippen LogP contribution in [0.15, 0.2) is 36.5 Å². The molecule has 1 atom stereocenters. The third-order valence-corrected chi connectivity index (χ3v) is 8.82. The van der Waals surface area contributed by atoms with E-state index in [-0.39, 0.29) is 11.8 Å². The molecule has 1 aromatic heterocycles. The predicted octanol–water partition coefficient (Wildman–Crippen LogP) is 4.82. The van der Waals surface area contributed by atoms with Crippen LogP contribution in [0.2, 0.25) is 0 Å². The van der Waals surface area contributed by atoms with E-state index in [4.69, 9.17) is 14.0 Å². The Labute approximate surface area is 224 Å². The first-order valence-electron chi connectivity index (χ1n) is 9.69. The third-order valence-electron chi connectivity index (χ3n) is 5.73. The first-order valence-corrected chi connectivity index (χ1v) is 12.9. The summed E-state index contributed by atoms with van der Waals surface area (Å²) in [5.74, 6) is 0.429. The highest BCUT2D eigenvalue weighted by molar-refractivity contribution is 14.3. The van der Waals surface area contributed by atoms with Crippen LogP contribution in [-0.2, 0) is 20.5 Å². The lowest BCUT2D eigenvalue weighted by molar-refractivity contribution is -0.115. The van der Waals surface area contributed by atoms with Crippen LogP contribution in [-0.4, -0.2) is 35.8 Å². The van der Waals surface area contributed by atoms with Gasteiger partial charge in [-0.05, 0) is 56.9 Å². The molecule has 166 valence electrons. The summed E-state index contributed by atoms with van der Waals surface area (Å²) in [5, 5.41) is 3.00. The lowest BCUT2D eigenvalue weighted by atomic mass is 9.76. The van der Waals surface area contributed by atoms with E-state index in [2.05, 4.69) is 98.8 Å². The summed E-state index contributed by atoms with van der Waals surface area (Å²) in [4.78, 5) is 17.0. The molecule has 2 aromatic rings. The smallest absolute Gasteiger partial charge is 0.495 e. The Hall–Kier alpha value is -0.185. The van der Waals surface area contributed by atoms with E-state index in [9.17, 15) is 4.79 Å². The van der Waals surface area contributed by atoms with Gasteiger partial charge in [-0.3, -0.25) is 9.78 Å². The highest BCUT2D eigenvalue weighted by Gasteiger charge is 2.62. The van der Waals surface area contributed by atoms with Gasteiger partial charge in [0.1, 0.15) is 11.4 Å². The van der Waals surface area contributed by atoms with Crippen LogP contribution in [0.5, 0.6) is 5.75 Å². The van der Waals surface area contributed by atoms with Crippen molar-refractivity contribution in [1.29, 1.82) is 0 Å². The van der Waals surface area contributed by atoms with Crippen LogP contribution in [0.1, 0.15) is 32.0 Å². The molecular formula is C21H24BI3N2O4. The van der Waals surface area contributed by atoms with Gasteiger partial charge in [0.05, 0.1) is 24.8 Å². The minimum absolute atomic E-state index is 0.121. The quantitative estimate of drug-likeness (QED) is 0.260. The molecule has 1 aromatic carbocycles. The van der Waals surface area contributed by atoms with Crippen molar-refractivity contribution in [2.24, 2.45) is 0 Å². The van der Waals surface area contributed by atoms with Gasteiger partial charge in [-0.15, -0.1) is 0 Å². The molecule has 0 saturated carbocycles. The number of carbonyl (C=O) groups is 1. The van der Waals surface area contributed by atoms with Gasteiger partial charge in [0.25, 0.3) is 0 Å². The molecule has 1 unspecified atom stereocenters. The zero-order chi connectivity index (χ0) is 23.0. The fraction of sp³-hybridized carbons (Fsp3) is 0.429. The Morgan fingerprint density at radius 3 is 2.52 bits per heavy atom. The largest absolute Gasteiger partial charge is 0.495 e. The topological polar surface area (TPSA) is 69.7 Å². The molecule has 10 heteroatoms. The molecule has 3 rings (SSSR count). The van der Waals surface area contributed by atoms with Gasteiger partial charge >= 0.3 is 7.12 Å². The summed E-state index contributed by atoms with van der Waals surface area (Å²) in [5.41, 5.74) is 2.11. The summed E-state index contributed by atoms with van der Waals surface area (Å²) in [6.07, 6.45) is 1.77. The van der Waals surface area contributed by atoms with Gasteiger partial charge in [0, 0.05) is 11.9 Å². The fourth-order valence-electron chi connectivity index (χ4n) is 3.43. The standard InChI is InChI=1S/C21H24BI3N2O4/c1-13-14(22-30-19(2,3)20(4,31-22)21(23,24)25)8-6-9-15(13)27-18(28)12-16-17(29-5)10-7-11-26-16/h6-11H,12H2,1-5H3,(H,27,28). The van der Waals surface area contributed by atoms with Crippen molar-refractivity contribution in [1.82, 2.24) is 4.98 Å². The molecule has 6 nitrogen and oxygen atoms in total. The first-order chi connectivity index (χ1) is 14.4. The van der Waals surface area contributed by atoms with E-state index in [1.165, 1.54) is 0 Å². The zero-order valence-corrected chi connectivity index (χ0v) is 24.4. The number of alkyl halides is 3. The molecule has 1 amide bonds. The number of hydrogen-bond acceptors (Lipinski definition) is 5.